The molecule has 4 rings (SSSR count). The largest absolute Gasteiger partial charge is 0.474 e. The summed E-state index contributed by atoms with van der Waals surface area (Å²) in [6.07, 6.45) is 4.41. The normalized spacial score (nSPS) is 20.4. The van der Waals surface area contributed by atoms with E-state index in [0.29, 0.717) is 11.4 Å². The fraction of sp³-hybridized carbons (Fsp3) is 0.400. The van der Waals surface area contributed by atoms with Gasteiger partial charge in [-0.05, 0) is 31.0 Å². The molecule has 1 amide bonds. The molecule has 1 unspecified atom stereocenters. The predicted molar refractivity (Wildman–Crippen MR) is 95.1 cm³/mol. The van der Waals surface area contributed by atoms with Crippen LogP contribution >= 0.6 is 0 Å². The summed E-state index contributed by atoms with van der Waals surface area (Å²) in [5, 5.41) is 0. The van der Waals surface area contributed by atoms with Crippen molar-refractivity contribution < 1.29 is 14.3 Å². The summed E-state index contributed by atoms with van der Waals surface area (Å²) in [7, 11) is 0. The molecule has 130 valence electrons. The molecule has 0 spiro atoms. The quantitative estimate of drug-likeness (QED) is 0.862. The maximum atomic E-state index is 12.9. The minimum atomic E-state index is -0.0115. The minimum absolute atomic E-state index is 0.0115. The molecule has 0 aliphatic carbocycles. The van der Waals surface area contributed by atoms with Gasteiger partial charge in [-0.1, -0.05) is 18.2 Å². The Morgan fingerprint density at radius 3 is 2.76 bits per heavy atom. The van der Waals surface area contributed by atoms with Gasteiger partial charge in [-0.25, -0.2) is 4.98 Å². The highest BCUT2D eigenvalue weighted by Crippen LogP contribution is 2.33. The van der Waals surface area contributed by atoms with E-state index in [1.807, 2.05) is 23.1 Å². The van der Waals surface area contributed by atoms with Crippen molar-refractivity contribution >= 4 is 11.6 Å². The lowest BCUT2D eigenvalue weighted by Gasteiger charge is -2.24. The number of nitrogens with zero attached hydrogens (tertiary/aromatic N) is 2. The zero-order chi connectivity index (χ0) is 17.2. The number of carbonyl (C=O) groups excluding carboxylic acids is 1. The van der Waals surface area contributed by atoms with Gasteiger partial charge in [0.05, 0.1) is 18.8 Å². The van der Waals surface area contributed by atoms with Gasteiger partial charge in [0.25, 0.3) is 5.91 Å². The minimum Gasteiger partial charge on any atom is -0.474 e. The van der Waals surface area contributed by atoms with Crippen LogP contribution in [0.5, 0.6) is 5.88 Å². The zero-order valence-corrected chi connectivity index (χ0v) is 14.4. The number of ether oxygens (including phenoxy) is 2. The van der Waals surface area contributed by atoms with Gasteiger partial charge >= 0.3 is 0 Å². The highest BCUT2D eigenvalue weighted by Gasteiger charge is 2.31. The summed E-state index contributed by atoms with van der Waals surface area (Å²) >= 11 is 0. The number of anilines is 1. The standard InChI is InChI=1S/C20H22N2O3/c1-14-12-15-4-2-3-5-18(15)22(14)20(23)16-6-7-19(21-13-16)25-17-8-10-24-11-9-17/h2-7,13-14,17H,8-12H2,1H3. The van der Waals surface area contributed by atoms with E-state index in [1.54, 1.807) is 18.3 Å². The summed E-state index contributed by atoms with van der Waals surface area (Å²) in [6.45, 7) is 3.54. The highest BCUT2D eigenvalue weighted by atomic mass is 16.5. The van der Waals surface area contributed by atoms with Crippen LogP contribution in [-0.4, -0.2) is 36.3 Å². The van der Waals surface area contributed by atoms with Crippen molar-refractivity contribution in [3.63, 3.8) is 0 Å². The van der Waals surface area contributed by atoms with Crippen molar-refractivity contribution in [2.24, 2.45) is 0 Å². The third-order valence-corrected chi connectivity index (χ3v) is 4.87. The molecule has 1 saturated heterocycles. The van der Waals surface area contributed by atoms with Crippen molar-refractivity contribution in [3.05, 3.63) is 53.7 Å². The average molecular weight is 338 g/mol. The van der Waals surface area contributed by atoms with Crippen LogP contribution in [0.1, 0.15) is 35.7 Å². The van der Waals surface area contributed by atoms with Crippen LogP contribution in [0.4, 0.5) is 5.69 Å². The van der Waals surface area contributed by atoms with E-state index < -0.39 is 0 Å². The highest BCUT2D eigenvalue weighted by molar-refractivity contribution is 6.07. The Morgan fingerprint density at radius 2 is 2.00 bits per heavy atom. The molecule has 0 bridgehead atoms. The molecule has 2 aromatic rings. The number of amides is 1. The number of hydrogen-bond donors (Lipinski definition) is 0. The van der Waals surface area contributed by atoms with E-state index in [2.05, 4.69) is 18.0 Å². The first-order chi connectivity index (χ1) is 12.2. The number of fused-ring (bicyclic) bond motifs is 1. The van der Waals surface area contributed by atoms with Gasteiger partial charge in [0, 0.05) is 36.8 Å². The van der Waals surface area contributed by atoms with E-state index in [0.717, 1.165) is 38.2 Å². The number of pyridine rings is 1. The van der Waals surface area contributed by atoms with Crippen molar-refractivity contribution in [2.75, 3.05) is 18.1 Å². The van der Waals surface area contributed by atoms with Gasteiger partial charge < -0.3 is 14.4 Å². The van der Waals surface area contributed by atoms with Gasteiger partial charge in [0.15, 0.2) is 0 Å². The summed E-state index contributed by atoms with van der Waals surface area (Å²) in [4.78, 5) is 19.2. The molecule has 3 heterocycles. The second kappa shape index (κ2) is 6.84. The van der Waals surface area contributed by atoms with Crippen molar-refractivity contribution in [3.8, 4) is 5.88 Å². The molecule has 0 radical (unpaired) electrons. The topological polar surface area (TPSA) is 51.7 Å². The van der Waals surface area contributed by atoms with Gasteiger partial charge in [0.1, 0.15) is 6.10 Å². The lowest BCUT2D eigenvalue weighted by atomic mass is 10.1. The SMILES string of the molecule is CC1Cc2ccccc2N1C(=O)c1ccc(OC2CCOCC2)nc1. The Morgan fingerprint density at radius 1 is 1.20 bits per heavy atom. The lowest BCUT2D eigenvalue weighted by Crippen LogP contribution is -2.35. The van der Waals surface area contributed by atoms with Gasteiger partial charge in [-0.3, -0.25) is 4.79 Å². The molecule has 0 saturated carbocycles. The summed E-state index contributed by atoms with van der Waals surface area (Å²) in [5.74, 6) is 0.556. The number of rotatable bonds is 3. The first-order valence-electron chi connectivity index (χ1n) is 8.84. The molecule has 1 aromatic carbocycles. The number of aromatic nitrogens is 1. The monoisotopic (exact) mass is 338 g/mol. The Labute approximate surface area is 147 Å². The Kier molecular flexibility index (Phi) is 4.40. The average Bonchev–Trinajstić information content (AvgIpc) is 2.98. The van der Waals surface area contributed by atoms with Crippen LogP contribution in [-0.2, 0) is 11.2 Å². The molecule has 0 N–H and O–H groups in total. The first kappa shape index (κ1) is 16.1. The predicted octanol–water partition coefficient (Wildman–Crippen LogP) is 3.23. The van der Waals surface area contributed by atoms with E-state index in [4.69, 9.17) is 9.47 Å². The molecular weight excluding hydrogens is 316 g/mol. The van der Waals surface area contributed by atoms with Crippen molar-refractivity contribution in [1.29, 1.82) is 0 Å². The van der Waals surface area contributed by atoms with Crippen LogP contribution in [0.3, 0.4) is 0 Å². The fourth-order valence-corrected chi connectivity index (χ4v) is 3.56. The Hall–Kier alpha value is -2.40. The molecule has 2 aliphatic heterocycles. The Balaban J connectivity index is 1.49. The van der Waals surface area contributed by atoms with Crippen LogP contribution in [0.25, 0.3) is 0 Å². The fourth-order valence-electron chi connectivity index (χ4n) is 3.56. The molecule has 1 atom stereocenters. The smallest absolute Gasteiger partial charge is 0.260 e. The van der Waals surface area contributed by atoms with E-state index in [9.17, 15) is 4.79 Å². The number of carbonyl (C=O) groups is 1. The van der Waals surface area contributed by atoms with E-state index >= 15 is 0 Å². The molecule has 5 heteroatoms. The van der Waals surface area contributed by atoms with Crippen molar-refractivity contribution in [2.45, 2.75) is 38.3 Å². The lowest BCUT2D eigenvalue weighted by molar-refractivity contribution is 0.0237. The van der Waals surface area contributed by atoms with Gasteiger partial charge in [-0.2, -0.15) is 0 Å². The summed E-state index contributed by atoms with van der Waals surface area (Å²) < 4.78 is 11.2. The van der Waals surface area contributed by atoms with Crippen molar-refractivity contribution in [1.82, 2.24) is 4.98 Å². The third kappa shape index (κ3) is 3.24. The maximum Gasteiger partial charge on any atom is 0.260 e. The number of hydrogen-bond acceptors (Lipinski definition) is 4. The third-order valence-electron chi connectivity index (χ3n) is 4.87. The second-order valence-electron chi connectivity index (χ2n) is 6.67. The summed E-state index contributed by atoms with van der Waals surface area (Å²) in [6, 6.07) is 11.8. The van der Waals surface area contributed by atoms with E-state index in [-0.39, 0.29) is 18.1 Å². The molecule has 25 heavy (non-hydrogen) atoms. The van der Waals surface area contributed by atoms with Crippen LogP contribution in [0.2, 0.25) is 0 Å². The first-order valence-corrected chi connectivity index (χ1v) is 8.84. The Bertz CT molecular complexity index is 754. The van der Waals surface area contributed by atoms with Gasteiger partial charge in [-0.15, -0.1) is 0 Å². The maximum absolute atomic E-state index is 12.9. The molecule has 1 fully saturated rings. The number of benzene rings is 1. The van der Waals surface area contributed by atoms with E-state index in [1.165, 1.54) is 5.56 Å². The molecular formula is C20H22N2O3. The van der Waals surface area contributed by atoms with Crippen LogP contribution < -0.4 is 9.64 Å². The number of para-hydroxylation sites is 1. The molecule has 2 aliphatic rings. The molecule has 5 nitrogen and oxygen atoms in total. The zero-order valence-electron chi connectivity index (χ0n) is 14.4. The van der Waals surface area contributed by atoms with Crippen LogP contribution in [0.15, 0.2) is 42.6 Å². The van der Waals surface area contributed by atoms with Crippen LogP contribution in [0, 0.1) is 0 Å². The van der Waals surface area contributed by atoms with Gasteiger partial charge in [0.2, 0.25) is 5.88 Å². The summed E-state index contributed by atoms with van der Waals surface area (Å²) in [5.41, 5.74) is 2.81. The second-order valence-corrected chi connectivity index (χ2v) is 6.67. The molecule has 1 aromatic heterocycles.